The summed E-state index contributed by atoms with van der Waals surface area (Å²) in [5.41, 5.74) is 0.918. The van der Waals surface area contributed by atoms with Crippen molar-refractivity contribution in [3.05, 3.63) is 40.6 Å². The molecule has 0 aliphatic rings. The molecule has 1 amide bonds. The summed E-state index contributed by atoms with van der Waals surface area (Å²) in [6.07, 6.45) is 1.67. The van der Waals surface area contributed by atoms with Crippen LogP contribution in [0.5, 0.6) is 11.5 Å². The molecule has 0 radical (unpaired) electrons. The van der Waals surface area contributed by atoms with Crippen LogP contribution in [-0.2, 0) is 0 Å². The predicted octanol–water partition coefficient (Wildman–Crippen LogP) is 2.74. The summed E-state index contributed by atoms with van der Waals surface area (Å²) >= 11 is 3.25. The Balaban J connectivity index is 2.14. The first-order valence-corrected chi connectivity index (χ1v) is 5.91. The zero-order chi connectivity index (χ0) is 13.1. The highest BCUT2D eigenvalue weighted by atomic mass is 79.9. The number of benzene rings is 1. The second-order valence-corrected chi connectivity index (χ2v) is 4.49. The van der Waals surface area contributed by atoms with Crippen molar-refractivity contribution in [1.82, 2.24) is 4.98 Å². The largest absolute Gasteiger partial charge is 0.504 e. The van der Waals surface area contributed by atoms with Crippen LogP contribution in [0.25, 0.3) is 0 Å². The van der Waals surface area contributed by atoms with Gasteiger partial charge in [0.25, 0.3) is 5.91 Å². The lowest BCUT2D eigenvalue weighted by atomic mass is 10.2. The lowest BCUT2D eigenvalue weighted by molar-refractivity contribution is 0.102. The molecule has 0 unspecified atom stereocenters. The Morgan fingerprint density at radius 3 is 2.78 bits per heavy atom. The quantitative estimate of drug-likeness (QED) is 0.816. The number of carbonyl (C=O) groups is 1. The fourth-order valence-electron chi connectivity index (χ4n) is 1.47. The van der Waals surface area contributed by atoms with Crippen molar-refractivity contribution in [3.63, 3.8) is 0 Å². The lowest BCUT2D eigenvalue weighted by Crippen LogP contribution is -2.12. The second-order valence-electron chi connectivity index (χ2n) is 3.57. The van der Waals surface area contributed by atoms with Crippen LogP contribution in [0.2, 0.25) is 0 Å². The molecule has 0 saturated heterocycles. The summed E-state index contributed by atoms with van der Waals surface area (Å²) in [6.45, 7) is 0. The molecule has 1 heterocycles. The van der Waals surface area contributed by atoms with Gasteiger partial charge >= 0.3 is 0 Å². The number of methoxy groups -OCH3 is 1. The van der Waals surface area contributed by atoms with E-state index in [9.17, 15) is 9.90 Å². The molecular weight excluding hydrogens is 300 g/mol. The van der Waals surface area contributed by atoms with Gasteiger partial charge in [0.2, 0.25) is 0 Å². The molecule has 0 saturated carbocycles. The summed E-state index contributed by atoms with van der Waals surface area (Å²) < 4.78 is 5.71. The fourth-order valence-corrected chi connectivity index (χ4v) is 1.81. The average molecular weight is 311 g/mol. The summed E-state index contributed by atoms with van der Waals surface area (Å²) in [6, 6.07) is 6.32. The number of halogens is 1. The Morgan fingerprint density at radius 2 is 2.22 bits per heavy atom. The zero-order valence-corrected chi connectivity index (χ0v) is 11.1. The number of H-pyrrole nitrogens is 1. The third-order valence-electron chi connectivity index (χ3n) is 2.33. The zero-order valence-electron chi connectivity index (χ0n) is 9.53. The number of amides is 1. The molecule has 1 aromatic carbocycles. The third kappa shape index (κ3) is 2.65. The summed E-state index contributed by atoms with van der Waals surface area (Å²) in [5, 5.41) is 12.2. The van der Waals surface area contributed by atoms with Crippen molar-refractivity contribution in [3.8, 4) is 11.5 Å². The van der Waals surface area contributed by atoms with Gasteiger partial charge in [0.1, 0.15) is 5.69 Å². The van der Waals surface area contributed by atoms with Crippen LogP contribution >= 0.6 is 15.9 Å². The standard InChI is InChI=1S/C12H11BrN2O3/c1-18-11-3-2-8(5-10(11)16)15-12(17)9-4-7(13)6-14-9/h2-6,14,16H,1H3,(H,15,17). The Kier molecular flexibility index (Phi) is 3.57. The highest BCUT2D eigenvalue weighted by Gasteiger charge is 2.09. The highest BCUT2D eigenvalue weighted by Crippen LogP contribution is 2.28. The number of anilines is 1. The highest BCUT2D eigenvalue weighted by molar-refractivity contribution is 9.10. The van der Waals surface area contributed by atoms with Crippen molar-refractivity contribution in [2.24, 2.45) is 0 Å². The SMILES string of the molecule is COc1ccc(NC(=O)c2cc(Br)c[nH]2)cc1O. The molecule has 2 aromatic rings. The number of phenols is 1. The number of carbonyl (C=O) groups excluding carboxylic acids is 1. The molecule has 0 fully saturated rings. The van der Waals surface area contributed by atoms with Crippen molar-refractivity contribution < 1.29 is 14.6 Å². The summed E-state index contributed by atoms with van der Waals surface area (Å²) in [5.74, 6) is 0.0452. The molecule has 5 nitrogen and oxygen atoms in total. The number of rotatable bonds is 3. The van der Waals surface area contributed by atoms with Gasteiger partial charge in [-0.1, -0.05) is 0 Å². The average Bonchev–Trinajstić information content (AvgIpc) is 2.76. The van der Waals surface area contributed by atoms with E-state index in [1.165, 1.54) is 13.2 Å². The van der Waals surface area contributed by atoms with Crippen molar-refractivity contribution in [1.29, 1.82) is 0 Å². The lowest BCUT2D eigenvalue weighted by Gasteiger charge is -2.07. The monoisotopic (exact) mass is 310 g/mol. The van der Waals surface area contributed by atoms with Gasteiger partial charge in [-0.2, -0.15) is 0 Å². The number of nitrogens with one attached hydrogen (secondary N) is 2. The van der Waals surface area contributed by atoms with E-state index in [2.05, 4.69) is 26.2 Å². The number of aromatic hydroxyl groups is 1. The molecule has 3 N–H and O–H groups in total. The van der Waals surface area contributed by atoms with Gasteiger partial charge in [-0.15, -0.1) is 0 Å². The topological polar surface area (TPSA) is 74.3 Å². The molecule has 0 spiro atoms. The Hall–Kier alpha value is -1.95. The second kappa shape index (κ2) is 5.14. The van der Waals surface area contributed by atoms with Crippen LogP contribution in [-0.4, -0.2) is 23.1 Å². The summed E-state index contributed by atoms with van der Waals surface area (Å²) in [7, 11) is 1.46. The molecule has 94 valence electrons. The number of aromatic amines is 1. The Labute approximate surface area is 112 Å². The Morgan fingerprint density at radius 1 is 1.44 bits per heavy atom. The van der Waals surface area contributed by atoms with E-state index in [0.29, 0.717) is 17.1 Å². The van der Waals surface area contributed by atoms with Gasteiger partial charge in [0.15, 0.2) is 11.5 Å². The van der Waals surface area contributed by atoms with E-state index in [4.69, 9.17) is 4.74 Å². The number of ether oxygens (including phenoxy) is 1. The van der Waals surface area contributed by atoms with Crippen molar-refractivity contribution >= 4 is 27.5 Å². The van der Waals surface area contributed by atoms with Crippen LogP contribution in [0.15, 0.2) is 34.9 Å². The van der Waals surface area contributed by atoms with Crippen molar-refractivity contribution in [2.75, 3.05) is 12.4 Å². The minimum absolute atomic E-state index is 0.0250. The molecule has 1 aromatic heterocycles. The minimum atomic E-state index is -0.287. The van der Waals surface area contributed by atoms with Gasteiger partial charge in [0, 0.05) is 22.4 Å². The molecule has 2 rings (SSSR count). The maximum absolute atomic E-state index is 11.8. The summed E-state index contributed by atoms with van der Waals surface area (Å²) in [4.78, 5) is 14.6. The van der Waals surface area contributed by atoms with Gasteiger partial charge in [-0.25, -0.2) is 0 Å². The van der Waals surface area contributed by atoms with E-state index >= 15 is 0 Å². The van der Waals surface area contributed by atoms with Crippen LogP contribution in [0.4, 0.5) is 5.69 Å². The van der Waals surface area contributed by atoms with Crippen LogP contribution in [0.3, 0.4) is 0 Å². The number of hydrogen-bond donors (Lipinski definition) is 3. The van der Waals surface area contributed by atoms with E-state index in [1.54, 1.807) is 24.4 Å². The van der Waals surface area contributed by atoms with E-state index in [0.717, 1.165) is 4.47 Å². The fraction of sp³-hybridized carbons (Fsp3) is 0.0833. The van der Waals surface area contributed by atoms with Crippen LogP contribution in [0.1, 0.15) is 10.5 Å². The molecule has 0 bridgehead atoms. The molecule has 0 aliphatic heterocycles. The smallest absolute Gasteiger partial charge is 0.272 e. The molecule has 18 heavy (non-hydrogen) atoms. The molecular formula is C12H11BrN2O3. The first kappa shape index (κ1) is 12.5. The van der Waals surface area contributed by atoms with Gasteiger partial charge in [-0.3, -0.25) is 4.79 Å². The first-order valence-electron chi connectivity index (χ1n) is 5.12. The molecule has 0 atom stereocenters. The van der Waals surface area contributed by atoms with Crippen LogP contribution < -0.4 is 10.1 Å². The number of phenolic OH excluding ortho intramolecular Hbond substituents is 1. The minimum Gasteiger partial charge on any atom is -0.504 e. The number of aromatic nitrogens is 1. The molecule has 0 aliphatic carbocycles. The van der Waals surface area contributed by atoms with E-state index in [1.807, 2.05) is 0 Å². The molecule has 6 heteroatoms. The third-order valence-corrected chi connectivity index (χ3v) is 2.79. The van der Waals surface area contributed by atoms with Gasteiger partial charge < -0.3 is 20.1 Å². The van der Waals surface area contributed by atoms with E-state index in [-0.39, 0.29) is 11.7 Å². The normalized spacial score (nSPS) is 10.1. The van der Waals surface area contributed by atoms with Crippen molar-refractivity contribution in [2.45, 2.75) is 0 Å². The maximum Gasteiger partial charge on any atom is 0.272 e. The van der Waals surface area contributed by atoms with E-state index < -0.39 is 0 Å². The predicted molar refractivity (Wildman–Crippen MR) is 71.1 cm³/mol. The van der Waals surface area contributed by atoms with Gasteiger partial charge in [-0.05, 0) is 34.1 Å². The van der Waals surface area contributed by atoms with Crippen LogP contribution in [0, 0.1) is 0 Å². The Bertz CT molecular complexity index is 580. The van der Waals surface area contributed by atoms with Gasteiger partial charge in [0.05, 0.1) is 7.11 Å². The maximum atomic E-state index is 11.8. The first-order chi connectivity index (χ1) is 8.60. The number of hydrogen-bond acceptors (Lipinski definition) is 3.